The molecule has 1 atom stereocenters. The standard InChI is InChI=1S/C7H11F2N3/c1-12-3-2-5(11-12)4-6(10)7(8)9/h2-3,6-7H,4,10H2,1H3. The second-order valence-electron chi connectivity index (χ2n) is 2.68. The molecule has 0 radical (unpaired) electrons. The molecule has 12 heavy (non-hydrogen) atoms. The fourth-order valence-electron chi connectivity index (χ4n) is 0.903. The van der Waals surface area contributed by atoms with Crippen molar-refractivity contribution in [3.8, 4) is 0 Å². The van der Waals surface area contributed by atoms with Crippen LogP contribution in [-0.2, 0) is 13.5 Å². The molecule has 1 aromatic heterocycles. The maximum absolute atomic E-state index is 12.0. The minimum Gasteiger partial charge on any atom is -0.323 e. The molecular formula is C7H11F2N3. The molecule has 1 rings (SSSR count). The predicted octanol–water partition coefficient (Wildman–Crippen LogP) is 0.555. The lowest BCUT2D eigenvalue weighted by atomic mass is 10.2. The van der Waals surface area contributed by atoms with Gasteiger partial charge in [-0.3, -0.25) is 4.68 Å². The van der Waals surface area contributed by atoms with Crippen LogP contribution < -0.4 is 5.73 Å². The molecule has 0 aliphatic rings. The Balaban J connectivity index is 2.52. The normalized spacial score (nSPS) is 13.8. The Labute approximate surface area is 69.2 Å². The number of rotatable bonds is 3. The molecule has 0 aliphatic carbocycles. The van der Waals surface area contributed by atoms with Crippen molar-refractivity contribution in [3.63, 3.8) is 0 Å². The summed E-state index contributed by atoms with van der Waals surface area (Å²) >= 11 is 0. The molecule has 0 saturated carbocycles. The van der Waals surface area contributed by atoms with Gasteiger partial charge in [0.05, 0.1) is 11.7 Å². The highest BCUT2D eigenvalue weighted by atomic mass is 19.3. The van der Waals surface area contributed by atoms with Gasteiger partial charge in [0, 0.05) is 19.7 Å². The Morgan fingerprint density at radius 3 is 2.75 bits per heavy atom. The van der Waals surface area contributed by atoms with E-state index in [2.05, 4.69) is 5.10 Å². The van der Waals surface area contributed by atoms with Crippen LogP contribution in [0.25, 0.3) is 0 Å². The van der Waals surface area contributed by atoms with Gasteiger partial charge >= 0.3 is 0 Å². The third-order valence-electron chi connectivity index (χ3n) is 1.54. The molecule has 1 aromatic rings. The van der Waals surface area contributed by atoms with Crippen molar-refractivity contribution >= 4 is 0 Å². The molecule has 5 heteroatoms. The van der Waals surface area contributed by atoms with Crippen molar-refractivity contribution < 1.29 is 8.78 Å². The second-order valence-corrected chi connectivity index (χ2v) is 2.68. The van der Waals surface area contributed by atoms with E-state index in [-0.39, 0.29) is 6.42 Å². The molecule has 1 heterocycles. The molecule has 0 bridgehead atoms. The number of nitrogens with zero attached hydrogens (tertiary/aromatic N) is 2. The number of halogens is 2. The van der Waals surface area contributed by atoms with Gasteiger partial charge < -0.3 is 5.73 Å². The predicted molar refractivity (Wildman–Crippen MR) is 40.9 cm³/mol. The molecule has 0 aliphatic heterocycles. The zero-order chi connectivity index (χ0) is 9.14. The quantitative estimate of drug-likeness (QED) is 0.729. The summed E-state index contributed by atoms with van der Waals surface area (Å²) < 4.78 is 25.5. The molecule has 0 fully saturated rings. The molecule has 0 amide bonds. The van der Waals surface area contributed by atoms with E-state index in [9.17, 15) is 8.78 Å². The summed E-state index contributed by atoms with van der Waals surface area (Å²) in [5.41, 5.74) is 5.76. The molecule has 0 spiro atoms. The topological polar surface area (TPSA) is 43.8 Å². The maximum atomic E-state index is 12.0. The van der Waals surface area contributed by atoms with E-state index < -0.39 is 12.5 Å². The van der Waals surface area contributed by atoms with Crippen molar-refractivity contribution in [2.45, 2.75) is 18.9 Å². The monoisotopic (exact) mass is 175 g/mol. The Kier molecular flexibility index (Phi) is 2.75. The number of hydrogen-bond acceptors (Lipinski definition) is 2. The highest BCUT2D eigenvalue weighted by Crippen LogP contribution is 2.04. The molecule has 68 valence electrons. The van der Waals surface area contributed by atoms with Gasteiger partial charge in [0.25, 0.3) is 6.43 Å². The van der Waals surface area contributed by atoms with Gasteiger partial charge in [0.2, 0.25) is 0 Å². The Bertz CT molecular complexity index is 247. The van der Waals surface area contributed by atoms with E-state index in [4.69, 9.17) is 5.73 Å². The van der Waals surface area contributed by atoms with E-state index in [1.165, 1.54) is 0 Å². The third kappa shape index (κ3) is 2.27. The summed E-state index contributed by atoms with van der Waals surface area (Å²) in [5, 5.41) is 3.94. The van der Waals surface area contributed by atoms with Crippen LogP contribution in [0.15, 0.2) is 12.3 Å². The first-order valence-corrected chi connectivity index (χ1v) is 3.62. The van der Waals surface area contributed by atoms with E-state index in [1.54, 1.807) is 24.0 Å². The average Bonchev–Trinajstić information content (AvgIpc) is 2.35. The molecule has 3 nitrogen and oxygen atoms in total. The van der Waals surface area contributed by atoms with Crippen molar-refractivity contribution in [2.75, 3.05) is 0 Å². The minimum atomic E-state index is -2.48. The highest BCUT2D eigenvalue weighted by molar-refractivity contribution is 5.01. The van der Waals surface area contributed by atoms with Gasteiger partial charge in [-0.05, 0) is 6.07 Å². The fraction of sp³-hybridized carbons (Fsp3) is 0.571. The largest absolute Gasteiger partial charge is 0.323 e. The van der Waals surface area contributed by atoms with Crippen molar-refractivity contribution in [1.82, 2.24) is 9.78 Å². The van der Waals surface area contributed by atoms with Crippen LogP contribution >= 0.6 is 0 Å². The van der Waals surface area contributed by atoms with E-state index in [1.807, 2.05) is 0 Å². The zero-order valence-corrected chi connectivity index (χ0v) is 6.74. The van der Waals surface area contributed by atoms with Crippen LogP contribution in [0.5, 0.6) is 0 Å². The van der Waals surface area contributed by atoms with E-state index in [0.717, 1.165) is 0 Å². The average molecular weight is 175 g/mol. The SMILES string of the molecule is Cn1ccc(CC(N)C(F)F)n1. The lowest BCUT2D eigenvalue weighted by Gasteiger charge is -2.06. The Morgan fingerprint density at radius 1 is 1.67 bits per heavy atom. The van der Waals surface area contributed by atoms with Crippen molar-refractivity contribution in [3.05, 3.63) is 18.0 Å². The Morgan fingerprint density at radius 2 is 2.33 bits per heavy atom. The lowest BCUT2D eigenvalue weighted by Crippen LogP contribution is -2.31. The smallest absolute Gasteiger partial charge is 0.253 e. The van der Waals surface area contributed by atoms with Crippen LogP contribution in [0, 0.1) is 0 Å². The van der Waals surface area contributed by atoms with Crippen LogP contribution in [-0.4, -0.2) is 22.2 Å². The summed E-state index contributed by atoms with van der Waals surface area (Å²) in [4.78, 5) is 0. The number of hydrogen-bond donors (Lipinski definition) is 1. The van der Waals surface area contributed by atoms with Crippen LogP contribution in [0.3, 0.4) is 0 Å². The first kappa shape index (κ1) is 9.12. The van der Waals surface area contributed by atoms with Crippen molar-refractivity contribution in [1.29, 1.82) is 0 Å². The summed E-state index contributed by atoms with van der Waals surface area (Å²) in [7, 11) is 1.73. The van der Waals surface area contributed by atoms with Gasteiger partial charge in [-0.2, -0.15) is 5.10 Å². The van der Waals surface area contributed by atoms with Gasteiger partial charge in [0.15, 0.2) is 0 Å². The minimum absolute atomic E-state index is 0.124. The van der Waals surface area contributed by atoms with E-state index in [0.29, 0.717) is 5.69 Å². The summed E-state index contributed by atoms with van der Waals surface area (Å²) in [6, 6.07) is 0.572. The zero-order valence-electron chi connectivity index (χ0n) is 6.74. The molecular weight excluding hydrogens is 164 g/mol. The number of alkyl halides is 2. The van der Waals surface area contributed by atoms with Gasteiger partial charge in [0.1, 0.15) is 0 Å². The van der Waals surface area contributed by atoms with Gasteiger partial charge in [-0.25, -0.2) is 8.78 Å². The van der Waals surface area contributed by atoms with Crippen molar-refractivity contribution in [2.24, 2.45) is 12.8 Å². The second kappa shape index (κ2) is 3.62. The maximum Gasteiger partial charge on any atom is 0.253 e. The van der Waals surface area contributed by atoms with Gasteiger partial charge in [-0.15, -0.1) is 0 Å². The van der Waals surface area contributed by atoms with Gasteiger partial charge in [-0.1, -0.05) is 0 Å². The summed E-state index contributed by atoms with van der Waals surface area (Å²) in [5.74, 6) is 0. The number of nitrogens with two attached hydrogens (primary N) is 1. The molecule has 0 saturated heterocycles. The first-order valence-electron chi connectivity index (χ1n) is 3.62. The molecule has 1 unspecified atom stereocenters. The Hall–Kier alpha value is -0.970. The highest BCUT2D eigenvalue weighted by Gasteiger charge is 2.16. The van der Waals surface area contributed by atoms with Crippen LogP contribution in [0.4, 0.5) is 8.78 Å². The molecule has 0 aromatic carbocycles. The van der Waals surface area contributed by atoms with E-state index >= 15 is 0 Å². The number of aryl methyl sites for hydroxylation is 1. The lowest BCUT2D eigenvalue weighted by molar-refractivity contribution is 0.115. The van der Waals surface area contributed by atoms with Crippen LogP contribution in [0.1, 0.15) is 5.69 Å². The third-order valence-corrected chi connectivity index (χ3v) is 1.54. The summed E-state index contributed by atoms with van der Waals surface area (Å²) in [6.07, 6.45) is -0.654. The first-order chi connectivity index (χ1) is 5.59. The number of aromatic nitrogens is 2. The fourth-order valence-corrected chi connectivity index (χ4v) is 0.903. The van der Waals surface area contributed by atoms with Crippen LogP contribution in [0.2, 0.25) is 0 Å². The molecule has 2 N–H and O–H groups in total. The summed E-state index contributed by atoms with van der Waals surface area (Å²) in [6.45, 7) is 0.